The summed E-state index contributed by atoms with van der Waals surface area (Å²) in [6.45, 7) is 1.97. The number of nitrogen functional groups attached to an aromatic ring is 1. The van der Waals surface area contributed by atoms with E-state index in [1.807, 2.05) is 37.3 Å². The first-order chi connectivity index (χ1) is 11.0. The molecule has 0 bridgehead atoms. The Bertz CT molecular complexity index is 822. The van der Waals surface area contributed by atoms with Crippen LogP contribution in [0.4, 0.5) is 5.69 Å². The van der Waals surface area contributed by atoms with Crippen LogP contribution in [0.5, 0.6) is 0 Å². The number of hydrogen-bond donors (Lipinski definition) is 2. The van der Waals surface area contributed by atoms with E-state index in [1.54, 1.807) is 12.1 Å². The zero-order chi connectivity index (χ0) is 16.4. The van der Waals surface area contributed by atoms with Crippen LogP contribution in [0.3, 0.4) is 0 Å². The zero-order valence-electron chi connectivity index (χ0n) is 13.7. The second-order valence-electron chi connectivity index (χ2n) is 5.99. The number of halogens is 1. The third-order valence-corrected chi connectivity index (χ3v) is 5.99. The lowest BCUT2D eigenvalue weighted by atomic mass is 9.88. The quantitative estimate of drug-likeness (QED) is 0.812. The molecule has 1 aliphatic carbocycles. The van der Waals surface area contributed by atoms with Gasteiger partial charge in [0.2, 0.25) is 10.0 Å². The van der Waals surface area contributed by atoms with Crippen molar-refractivity contribution >= 4 is 28.1 Å². The van der Waals surface area contributed by atoms with E-state index in [-0.39, 0.29) is 18.4 Å². The molecule has 0 heterocycles. The summed E-state index contributed by atoms with van der Waals surface area (Å²) in [5.41, 5.74) is 9.60. The molecule has 24 heavy (non-hydrogen) atoms. The van der Waals surface area contributed by atoms with Gasteiger partial charge in [0.05, 0.1) is 4.90 Å². The van der Waals surface area contributed by atoms with Gasteiger partial charge in [-0.2, -0.15) is 0 Å². The van der Waals surface area contributed by atoms with Crippen molar-refractivity contribution in [3.05, 3.63) is 59.2 Å². The molecular weight excluding hydrogens is 344 g/mol. The van der Waals surface area contributed by atoms with Crippen molar-refractivity contribution in [1.29, 1.82) is 0 Å². The molecule has 0 aromatic heterocycles. The van der Waals surface area contributed by atoms with Gasteiger partial charge >= 0.3 is 0 Å². The molecule has 0 spiro atoms. The van der Waals surface area contributed by atoms with E-state index in [1.165, 1.54) is 0 Å². The highest BCUT2D eigenvalue weighted by Gasteiger charge is 2.26. The van der Waals surface area contributed by atoms with Crippen LogP contribution in [-0.4, -0.2) is 8.42 Å². The number of rotatable bonds is 4. The summed E-state index contributed by atoms with van der Waals surface area (Å²) in [6.07, 6.45) is 3.41. The van der Waals surface area contributed by atoms with Crippen molar-refractivity contribution in [2.45, 2.75) is 43.5 Å². The summed E-state index contributed by atoms with van der Waals surface area (Å²) < 4.78 is 28.5. The third-order valence-electron chi connectivity index (χ3n) is 4.42. The van der Waals surface area contributed by atoms with E-state index in [0.717, 1.165) is 41.6 Å². The van der Waals surface area contributed by atoms with Crippen LogP contribution in [-0.2, 0) is 22.9 Å². The minimum atomic E-state index is -3.54. The van der Waals surface area contributed by atoms with Crippen molar-refractivity contribution < 1.29 is 8.42 Å². The highest BCUT2D eigenvalue weighted by molar-refractivity contribution is 7.89. The first-order valence-corrected chi connectivity index (χ1v) is 9.48. The standard InChI is InChI=1S/C18H22N2O2S.ClH/c1-2-13-6-3-4-9-18(13)23(21,22)20-17-8-5-7-14-12-15(19)10-11-16(14)17;/h3-4,6,9-12,17,20H,2,5,7-8,19H2,1H3;1H. The number of benzene rings is 2. The molecule has 0 saturated heterocycles. The van der Waals surface area contributed by atoms with Crippen LogP contribution in [0.25, 0.3) is 0 Å². The largest absolute Gasteiger partial charge is 0.399 e. The lowest BCUT2D eigenvalue weighted by Crippen LogP contribution is -2.31. The molecule has 2 aromatic rings. The van der Waals surface area contributed by atoms with Crippen LogP contribution < -0.4 is 10.5 Å². The molecule has 3 rings (SSSR count). The highest BCUT2D eigenvalue weighted by Crippen LogP contribution is 2.32. The molecule has 6 heteroatoms. The average molecular weight is 367 g/mol. The average Bonchev–Trinajstić information content (AvgIpc) is 2.54. The summed E-state index contributed by atoms with van der Waals surface area (Å²) in [5, 5.41) is 0. The molecule has 0 radical (unpaired) electrons. The van der Waals surface area contributed by atoms with Crippen molar-refractivity contribution in [1.82, 2.24) is 4.72 Å². The van der Waals surface area contributed by atoms with Crippen molar-refractivity contribution in [3.8, 4) is 0 Å². The summed E-state index contributed by atoms with van der Waals surface area (Å²) in [7, 11) is -3.54. The molecule has 2 aromatic carbocycles. The topological polar surface area (TPSA) is 72.2 Å². The fraction of sp³-hybridized carbons (Fsp3) is 0.333. The minimum absolute atomic E-state index is 0. The van der Waals surface area contributed by atoms with E-state index in [4.69, 9.17) is 5.73 Å². The summed E-state index contributed by atoms with van der Waals surface area (Å²) >= 11 is 0. The molecule has 1 atom stereocenters. The molecule has 130 valence electrons. The van der Waals surface area contributed by atoms with Gasteiger partial charge in [0.15, 0.2) is 0 Å². The van der Waals surface area contributed by atoms with Crippen molar-refractivity contribution in [3.63, 3.8) is 0 Å². The summed E-state index contributed by atoms with van der Waals surface area (Å²) in [5.74, 6) is 0. The lowest BCUT2D eigenvalue weighted by Gasteiger charge is -2.27. The van der Waals surface area contributed by atoms with Crippen LogP contribution in [0.15, 0.2) is 47.4 Å². The maximum atomic E-state index is 12.8. The maximum absolute atomic E-state index is 12.8. The first-order valence-electron chi connectivity index (χ1n) is 8.00. The Hall–Kier alpha value is -1.56. The Balaban J connectivity index is 0.00000208. The molecule has 3 N–H and O–H groups in total. The number of anilines is 1. The molecule has 0 fully saturated rings. The predicted molar refractivity (Wildman–Crippen MR) is 99.9 cm³/mol. The van der Waals surface area contributed by atoms with Gasteiger partial charge in [0.1, 0.15) is 0 Å². The van der Waals surface area contributed by atoms with Crippen molar-refractivity contribution in [2.75, 3.05) is 5.73 Å². The number of sulfonamides is 1. The zero-order valence-corrected chi connectivity index (χ0v) is 15.3. The Morgan fingerprint density at radius 1 is 1.21 bits per heavy atom. The number of nitrogens with one attached hydrogen (secondary N) is 1. The predicted octanol–water partition coefficient (Wildman–Crippen LogP) is 3.61. The second kappa shape index (κ2) is 7.55. The minimum Gasteiger partial charge on any atom is -0.399 e. The van der Waals surface area contributed by atoms with Crippen LogP contribution in [0.2, 0.25) is 0 Å². The monoisotopic (exact) mass is 366 g/mol. The van der Waals surface area contributed by atoms with E-state index >= 15 is 0 Å². The molecule has 0 saturated carbocycles. The third kappa shape index (κ3) is 3.74. The molecule has 1 unspecified atom stereocenters. The first kappa shape index (κ1) is 18.8. The highest BCUT2D eigenvalue weighted by atomic mass is 35.5. The SMILES string of the molecule is CCc1ccccc1S(=O)(=O)NC1CCCc2cc(N)ccc21.Cl. The number of hydrogen-bond acceptors (Lipinski definition) is 3. The van der Waals surface area contributed by atoms with Gasteiger partial charge in [-0.1, -0.05) is 31.2 Å². The van der Waals surface area contributed by atoms with Gasteiger partial charge in [0.25, 0.3) is 0 Å². The molecule has 0 amide bonds. The van der Waals surface area contributed by atoms with Gasteiger partial charge in [-0.15, -0.1) is 12.4 Å². The summed E-state index contributed by atoms with van der Waals surface area (Å²) in [6, 6.07) is 12.7. The van der Waals surface area contributed by atoms with E-state index in [9.17, 15) is 8.42 Å². The number of fused-ring (bicyclic) bond motifs is 1. The second-order valence-corrected chi connectivity index (χ2v) is 7.67. The smallest absolute Gasteiger partial charge is 0.241 e. The van der Waals surface area contributed by atoms with E-state index in [2.05, 4.69) is 4.72 Å². The molecule has 1 aliphatic rings. The maximum Gasteiger partial charge on any atom is 0.241 e. The Morgan fingerprint density at radius 3 is 2.71 bits per heavy atom. The summed E-state index contributed by atoms with van der Waals surface area (Å²) in [4.78, 5) is 0.380. The van der Waals surface area contributed by atoms with Crippen LogP contribution >= 0.6 is 12.4 Å². The van der Waals surface area contributed by atoms with Gasteiger partial charge < -0.3 is 5.73 Å². The number of nitrogens with two attached hydrogens (primary N) is 1. The fourth-order valence-corrected chi connectivity index (χ4v) is 4.83. The van der Waals surface area contributed by atoms with Gasteiger partial charge in [0, 0.05) is 11.7 Å². The van der Waals surface area contributed by atoms with Gasteiger partial charge in [-0.3, -0.25) is 0 Å². The van der Waals surface area contributed by atoms with Crippen LogP contribution in [0.1, 0.15) is 42.5 Å². The Labute approximate surface area is 149 Å². The van der Waals surface area contributed by atoms with E-state index < -0.39 is 10.0 Å². The van der Waals surface area contributed by atoms with Gasteiger partial charge in [-0.05, 0) is 60.6 Å². The van der Waals surface area contributed by atoms with Crippen molar-refractivity contribution in [2.24, 2.45) is 0 Å². The lowest BCUT2D eigenvalue weighted by molar-refractivity contribution is 0.507. The van der Waals surface area contributed by atoms with E-state index in [0.29, 0.717) is 11.3 Å². The molecule has 4 nitrogen and oxygen atoms in total. The fourth-order valence-electron chi connectivity index (χ4n) is 3.27. The number of aryl methyl sites for hydroxylation is 2. The Morgan fingerprint density at radius 2 is 1.96 bits per heavy atom. The van der Waals surface area contributed by atoms with Crippen LogP contribution in [0, 0.1) is 0 Å². The Kier molecular flexibility index (Phi) is 5.91. The normalized spacial score (nSPS) is 17.0. The molecule has 0 aliphatic heterocycles. The van der Waals surface area contributed by atoms with Gasteiger partial charge in [-0.25, -0.2) is 13.1 Å². The molecular formula is C18H23ClN2O2S.